The molecule has 2 atom stereocenters. The van der Waals surface area contributed by atoms with E-state index in [1.54, 1.807) is 30.3 Å². The molecule has 4 nitrogen and oxygen atoms in total. The van der Waals surface area contributed by atoms with Gasteiger partial charge in [0.2, 0.25) is 11.8 Å². The van der Waals surface area contributed by atoms with E-state index < -0.39 is 11.9 Å². The van der Waals surface area contributed by atoms with Gasteiger partial charge in [-0.3, -0.25) is 9.59 Å². The molecule has 7 heteroatoms. The van der Waals surface area contributed by atoms with Gasteiger partial charge in [0.1, 0.15) is 17.7 Å². The molecular formula is C29H32F2N2O2S. The summed E-state index contributed by atoms with van der Waals surface area (Å²) in [5, 5.41) is 3.00. The van der Waals surface area contributed by atoms with Crippen molar-refractivity contribution >= 4 is 23.6 Å². The van der Waals surface area contributed by atoms with E-state index in [2.05, 4.69) is 5.32 Å². The molecule has 36 heavy (non-hydrogen) atoms. The highest BCUT2D eigenvalue weighted by Crippen LogP contribution is 2.20. The van der Waals surface area contributed by atoms with E-state index in [1.807, 2.05) is 44.2 Å². The minimum Gasteiger partial charge on any atom is -0.352 e. The Morgan fingerprint density at radius 3 is 2.25 bits per heavy atom. The number of rotatable bonds is 12. The monoisotopic (exact) mass is 510 g/mol. The Bertz CT molecular complexity index is 1130. The number of carbonyl (C=O) groups excluding carboxylic acids is 2. The lowest BCUT2D eigenvalue weighted by atomic mass is 10.0. The fourth-order valence-electron chi connectivity index (χ4n) is 3.72. The van der Waals surface area contributed by atoms with Crippen LogP contribution in [-0.2, 0) is 28.3 Å². The quantitative estimate of drug-likeness (QED) is 0.337. The predicted molar refractivity (Wildman–Crippen MR) is 141 cm³/mol. The van der Waals surface area contributed by atoms with Crippen molar-refractivity contribution in [3.8, 4) is 0 Å². The van der Waals surface area contributed by atoms with Crippen LogP contribution in [0.2, 0.25) is 0 Å². The van der Waals surface area contributed by atoms with Crippen LogP contribution in [0, 0.1) is 11.6 Å². The average molecular weight is 511 g/mol. The fraction of sp³-hybridized carbons (Fsp3) is 0.310. The zero-order valence-electron chi connectivity index (χ0n) is 20.6. The van der Waals surface area contributed by atoms with E-state index in [1.165, 1.54) is 34.9 Å². The Hall–Kier alpha value is -3.19. The van der Waals surface area contributed by atoms with Gasteiger partial charge in [-0.15, -0.1) is 11.8 Å². The standard InChI is InChI=1S/C29H32F2N2O2S/c1-3-21(2)32-29(35)27(17-22-9-5-4-6-10-22)33(18-24-11-7-8-12-26(24)31)28(34)20-36-19-23-13-15-25(30)16-14-23/h4-16,21,27H,3,17-20H2,1-2H3,(H,32,35). The summed E-state index contributed by atoms with van der Waals surface area (Å²) in [5.41, 5.74) is 2.15. The smallest absolute Gasteiger partial charge is 0.243 e. The number of nitrogens with zero attached hydrogens (tertiary/aromatic N) is 1. The van der Waals surface area contributed by atoms with Gasteiger partial charge in [-0.2, -0.15) is 0 Å². The first kappa shape index (κ1) is 27.4. The molecule has 1 N–H and O–H groups in total. The molecule has 3 aromatic rings. The number of benzene rings is 3. The second-order valence-corrected chi connectivity index (χ2v) is 9.74. The summed E-state index contributed by atoms with van der Waals surface area (Å²) < 4.78 is 27.8. The summed E-state index contributed by atoms with van der Waals surface area (Å²) in [5.74, 6) is -0.635. The molecule has 0 aliphatic carbocycles. The van der Waals surface area contributed by atoms with E-state index >= 15 is 0 Å². The number of hydrogen-bond acceptors (Lipinski definition) is 3. The largest absolute Gasteiger partial charge is 0.352 e. The van der Waals surface area contributed by atoms with Crippen LogP contribution in [0.3, 0.4) is 0 Å². The van der Waals surface area contributed by atoms with Crippen molar-refractivity contribution in [1.29, 1.82) is 0 Å². The average Bonchev–Trinajstić information content (AvgIpc) is 2.88. The highest BCUT2D eigenvalue weighted by molar-refractivity contribution is 7.99. The normalized spacial score (nSPS) is 12.6. The predicted octanol–water partition coefficient (Wildman–Crippen LogP) is 5.75. The van der Waals surface area contributed by atoms with Gasteiger partial charge in [0, 0.05) is 30.3 Å². The van der Waals surface area contributed by atoms with Crippen molar-refractivity contribution in [3.63, 3.8) is 0 Å². The highest BCUT2D eigenvalue weighted by atomic mass is 32.2. The lowest BCUT2D eigenvalue weighted by Gasteiger charge is -2.32. The lowest BCUT2D eigenvalue weighted by Crippen LogP contribution is -2.52. The number of thioether (sulfide) groups is 1. The molecule has 3 rings (SSSR count). The third kappa shape index (κ3) is 8.19. The summed E-state index contributed by atoms with van der Waals surface area (Å²) in [6, 6.07) is 21.1. The van der Waals surface area contributed by atoms with Crippen LogP contribution in [-0.4, -0.2) is 34.6 Å². The van der Waals surface area contributed by atoms with Crippen molar-refractivity contribution in [2.75, 3.05) is 5.75 Å². The molecule has 0 spiro atoms. The van der Waals surface area contributed by atoms with Crippen LogP contribution in [0.4, 0.5) is 8.78 Å². The van der Waals surface area contributed by atoms with Gasteiger partial charge in [0.15, 0.2) is 0 Å². The van der Waals surface area contributed by atoms with Gasteiger partial charge in [0.25, 0.3) is 0 Å². The minimum absolute atomic E-state index is 0.0198. The summed E-state index contributed by atoms with van der Waals surface area (Å²) in [4.78, 5) is 28.4. The van der Waals surface area contributed by atoms with Crippen LogP contribution in [0.25, 0.3) is 0 Å². The van der Waals surface area contributed by atoms with Crippen LogP contribution < -0.4 is 5.32 Å². The maximum Gasteiger partial charge on any atom is 0.243 e. The molecule has 0 aliphatic rings. The van der Waals surface area contributed by atoms with Gasteiger partial charge in [0.05, 0.1) is 5.75 Å². The molecule has 0 aliphatic heterocycles. The second kappa shape index (κ2) is 13.8. The Morgan fingerprint density at radius 2 is 1.58 bits per heavy atom. The van der Waals surface area contributed by atoms with E-state index in [0.29, 0.717) is 17.7 Å². The first-order valence-corrected chi connectivity index (χ1v) is 13.2. The molecule has 0 saturated heterocycles. The Morgan fingerprint density at radius 1 is 0.917 bits per heavy atom. The minimum atomic E-state index is -0.806. The van der Waals surface area contributed by atoms with Crippen molar-refractivity contribution in [1.82, 2.24) is 10.2 Å². The molecule has 0 saturated carbocycles. The maximum atomic E-state index is 14.6. The molecule has 2 unspecified atom stereocenters. The van der Waals surface area contributed by atoms with Crippen LogP contribution in [0.5, 0.6) is 0 Å². The zero-order chi connectivity index (χ0) is 25.9. The second-order valence-electron chi connectivity index (χ2n) is 8.76. The van der Waals surface area contributed by atoms with Crippen LogP contribution in [0.1, 0.15) is 37.0 Å². The molecule has 0 aromatic heterocycles. The molecule has 190 valence electrons. The molecule has 2 amide bonds. The van der Waals surface area contributed by atoms with E-state index in [9.17, 15) is 18.4 Å². The Kier molecular flexibility index (Phi) is 10.5. The summed E-state index contributed by atoms with van der Waals surface area (Å²) in [6.07, 6.45) is 1.06. The van der Waals surface area contributed by atoms with E-state index in [4.69, 9.17) is 0 Å². The number of halogens is 2. The van der Waals surface area contributed by atoms with Gasteiger partial charge < -0.3 is 10.2 Å². The molecular weight excluding hydrogens is 478 g/mol. The first-order valence-electron chi connectivity index (χ1n) is 12.1. The first-order chi connectivity index (χ1) is 17.4. The van der Waals surface area contributed by atoms with Crippen LogP contribution in [0.15, 0.2) is 78.9 Å². The molecule has 0 radical (unpaired) electrons. The Labute approximate surface area is 216 Å². The molecule has 0 fully saturated rings. The lowest BCUT2D eigenvalue weighted by molar-refractivity contribution is -0.139. The van der Waals surface area contributed by atoms with E-state index in [0.717, 1.165) is 17.5 Å². The zero-order valence-corrected chi connectivity index (χ0v) is 21.4. The van der Waals surface area contributed by atoms with Gasteiger partial charge >= 0.3 is 0 Å². The van der Waals surface area contributed by atoms with Crippen molar-refractivity contribution in [2.24, 2.45) is 0 Å². The molecule has 3 aromatic carbocycles. The third-order valence-corrected chi connectivity index (χ3v) is 6.97. The number of amides is 2. The van der Waals surface area contributed by atoms with Crippen molar-refractivity contribution in [3.05, 3.63) is 107 Å². The fourth-order valence-corrected chi connectivity index (χ4v) is 4.60. The third-order valence-electron chi connectivity index (χ3n) is 5.98. The number of carbonyl (C=O) groups is 2. The van der Waals surface area contributed by atoms with Gasteiger partial charge in [-0.05, 0) is 42.7 Å². The Balaban J connectivity index is 1.86. The topological polar surface area (TPSA) is 49.4 Å². The van der Waals surface area contributed by atoms with Gasteiger partial charge in [-0.25, -0.2) is 8.78 Å². The van der Waals surface area contributed by atoms with Crippen molar-refractivity contribution < 1.29 is 18.4 Å². The summed E-state index contributed by atoms with van der Waals surface area (Å²) in [6.45, 7) is 3.87. The maximum absolute atomic E-state index is 14.6. The van der Waals surface area contributed by atoms with E-state index in [-0.39, 0.29) is 36.0 Å². The number of nitrogens with one attached hydrogen (secondary N) is 1. The van der Waals surface area contributed by atoms with Crippen molar-refractivity contribution in [2.45, 2.75) is 51.1 Å². The summed E-state index contributed by atoms with van der Waals surface area (Å²) >= 11 is 1.38. The van der Waals surface area contributed by atoms with Crippen LogP contribution >= 0.6 is 11.8 Å². The van der Waals surface area contributed by atoms with Gasteiger partial charge in [-0.1, -0.05) is 67.6 Å². The SMILES string of the molecule is CCC(C)NC(=O)C(Cc1ccccc1)N(Cc1ccccc1F)C(=O)CSCc1ccc(F)cc1. The summed E-state index contributed by atoms with van der Waals surface area (Å²) in [7, 11) is 0. The molecule has 0 heterocycles. The number of hydrogen-bond donors (Lipinski definition) is 1. The molecule has 0 bridgehead atoms. The highest BCUT2D eigenvalue weighted by Gasteiger charge is 2.31.